The second kappa shape index (κ2) is 3.37. The number of hydrogen-bond acceptors (Lipinski definition) is 2. The Morgan fingerprint density at radius 2 is 2.07 bits per heavy atom. The summed E-state index contributed by atoms with van der Waals surface area (Å²) in [6.07, 6.45) is 0. The quantitative estimate of drug-likeness (QED) is 0.767. The average Bonchev–Trinajstić information content (AvgIpc) is 2.26. The summed E-state index contributed by atoms with van der Waals surface area (Å²) >= 11 is 0. The van der Waals surface area contributed by atoms with Gasteiger partial charge in [-0.05, 0) is 19.0 Å². The molecule has 2 atom stereocenters. The van der Waals surface area contributed by atoms with Gasteiger partial charge in [0.05, 0.1) is 0 Å². The van der Waals surface area contributed by atoms with Crippen molar-refractivity contribution in [2.45, 2.75) is 25.5 Å². The number of likely N-dealkylation sites (tertiary alicyclic amines) is 1. The van der Waals surface area contributed by atoms with Crippen LogP contribution < -0.4 is 0 Å². The number of benzene rings is 1. The van der Waals surface area contributed by atoms with Gasteiger partial charge >= 0.3 is 0 Å². The standard InChI is InChI=1S/C12H17NO/c1-3-13-9-12(14,10(13)2)11-7-5-4-6-8-11/h4-8,10,14H,3,9H2,1-2H3. The first-order chi connectivity index (χ1) is 6.68. The van der Waals surface area contributed by atoms with Gasteiger partial charge in [-0.25, -0.2) is 0 Å². The van der Waals surface area contributed by atoms with E-state index in [-0.39, 0.29) is 6.04 Å². The molecule has 2 unspecified atom stereocenters. The molecule has 0 spiro atoms. The lowest BCUT2D eigenvalue weighted by Crippen LogP contribution is -2.65. The zero-order valence-electron chi connectivity index (χ0n) is 8.77. The van der Waals surface area contributed by atoms with Gasteiger partial charge in [0.15, 0.2) is 0 Å². The van der Waals surface area contributed by atoms with E-state index in [0.29, 0.717) is 0 Å². The van der Waals surface area contributed by atoms with Gasteiger partial charge in [-0.2, -0.15) is 0 Å². The van der Waals surface area contributed by atoms with Gasteiger partial charge in [-0.1, -0.05) is 37.3 Å². The first-order valence-corrected chi connectivity index (χ1v) is 5.20. The number of hydrogen-bond donors (Lipinski definition) is 1. The molecular weight excluding hydrogens is 174 g/mol. The lowest BCUT2D eigenvalue weighted by Gasteiger charge is -2.53. The smallest absolute Gasteiger partial charge is 0.117 e. The van der Waals surface area contributed by atoms with Gasteiger partial charge in [-0.3, -0.25) is 4.90 Å². The summed E-state index contributed by atoms with van der Waals surface area (Å²) in [4.78, 5) is 2.27. The third kappa shape index (κ3) is 1.26. The normalized spacial score (nSPS) is 32.6. The van der Waals surface area contributed by atoms with Crippen molar-refractivity contribution < 1.29 is 5.11 Å². The average molecular weight is 191 g/mol. The maximum absolute atomic E-state index is 10.4. The monoisotopic (exact) mass is 191 g/mol. The summed E-state index contributed by atoms with van der Waals surface area (Å²) in [7, 11) is 0. The van der Waals surface area contributed by atoms with E-state index in [9.17, 15) is 5.11 Å². The van der Waals surface area contributed by atoms with Gasteiger partial charge in [-0.15, -0.1) is 0 Å². The van der Waals surface area contributed by atoms with E-state index in [4.69, 9.17) is 0 Å². The Morgan fingerprint density at radius 3 is 2.57 bits per heavy atom. The number of nitrogens with zero attached hydrogens (tertiary/aromatic N) is 1. The van der Waals surface area contributed by atoms with Crippen molar-refractivity contribution in [1.29, 1.82) is 0 Å². The second-order valence-electron chi connectivity index (χ2n) is 4.03. The Balaban J connectivity index is 2.21. The fourth-order valence-electron chi connectivity index (χ4n) is 2.21. The highest BCUT2D eigenvalue weighted by Gasteiger charge is 2.48. The molecule has 76 valence electrons. The van der Waals surface area contributed by atoms with Gasteiger partial charge in [0.2, 0.25) is 0 Å². The lowest BCUT2D eigenvalue weighted by atomic mass is 9.79. The molecule has 1 aliphatic heterocycles. The molecular formula is C12H17NO. The minimum Gasteiger partial charge on any atom is -0.382 e. The summed E-state index contributed by atoms with van der Waals surface area (Å²) in [6, 6.07) is 10.2. The van der Waals surface area contributed by atoms with E-state index < -0.39 is 5.60 Å². The van der Waals surface area contributed by atoms with Crippen molar-refractivity contribution in [3.63, 3.8) is 0 Å². The molecule has 1 aromatic carbocycles. The molecule has 2 heteroatoms. The predicted octanol–water partition coefficient (Wildman–Crippen LogP) is 1.60. The molecule has 1 fully saturated rings. The van der Waals surface area contributed by atoms with Crippen LogP contribution in [0.15, 0.2) is 30.3 Å². The molecule has 1 aliphatic rings. The van der Waals surface area contributed by atoms with Crippen LogP contribution in [0.2, 0.25) is 0 Å². The Bertz CT molecular complexity index is 311. The summed E-state index contributed by atoms with van der Waals surface area (Å²) < 4.78 is 0. The number of likely N-dealkylation sites (N-methyl/N-ethyl adjacent to an activating group) is 1. The van der Waals surface area contributed by atoms with Crippen molar-refractivity contribution >= 4 is 0 Å². The maximum Gasteiger partial charge on any atom is 0.117 e. The first-order valence-electron chi connectivity index (χ1n) is 5.20. The highest BCUT2D eigenvalue weighted by Crippen LogP contribution is 2.37. The number of rotatable bonds is 2. The predicted molar refractivity (Wildman–Crippen MR) is 57.0 cm³/mol. The van der Waals surface area contributed by atoms with E-state index in [0.717, 1.165) is 18.7 Å². The SMILES string of the molecule is CCN1CC(O)(c2ccccc2)C1C. The number of β-amino-alcohol motifs (C(OH)–C–C–N with tert-alkyl or cyclic N) is 1. The Labute approximate surface area is 85.2 Å². The van der Waals surface area contributed by atoms with Gasteiger partial charge in [0.25, 0.3) is 0 Å². The van der Waals surface area contributed by atoms with Crippen LogP contribution in [0.1, 0.15) is 19.4 Å². The molecule has 14 heavy (non-hydrogen) atoms. The summed E-state index contributed by atoms with van der Waals surface area (Å²) in [5, 5.41) is 10.4. The summed E-state index contributed by atoms with van der Waals surface area (Å²) in [5.74, 6) is 0. The van der Waals surface area contributed by atoms with Crippen molar-refractivity contribution in [2.24, 2.45) is 0 Å². The highest BCUT2D eigenvalue weighted by molar-refractivity contribution is 5.28. The van der Waals surface area contributed by atoms with Crippen LogP contribution in [0.4, 0.5) is 0 Å². The van der Waals surface area contributed by atoms with E-state index >= 15 is 0 Å². The maximum atomic E-state index is 10.4. The Morgan fingerprint density at radius 1 is 1.43 bits per heavy atom. The van der Waals surface area contributed by atoms with E-state index in [1.165, 1.54) is 0 Å². The fourth-order valence-corrected chi connectivity index (χ4v) is 2.21. The van der Waals surface area contributed by atoms with Crippen molar-refractivity contribution in [2.75, 3.05) is 13.1 Å². The topological polar surface area (TPSA) is 23.5 Å². The van der Waals surface area contributed by atoms with E-state index in [1.54, 1.807) is 0 Å². The Kier molecular flexibility index (Phi) is 2.33. The summed E-state index contributed by atoms with van der Waals surface area (Å²) in [5.41, 5.74) is 0.411. The molecule has 1 N–H and O–H groups in total. The molecule has 0 aliphatic carbocycles. The Hall–Kier alpha value is -0.860. The molecule has 0 saturated carbocycles. The van der Waals surface area contributed by atoms with Crippen LogP contribution in [0.25, 0.3) is 0 Å². The first kappa shape index (κ1) is 9.69. The fraction of sp³-hybridized carbons (Fsp3) is 0.500. The van der Waals surface area contributed by atoms with Crippen molar-refractivity contribution in [1.82, 2.24) is 4.90 Å². The van der Waals surface area contributed by atoms with Gasteiger partial charge in [0.1, 0.15) is 5.60 Å². The molecule has 0 radical (unpaired) electrons. The summed E-state index contributed by atoms with van der Waals surface area (Å²) in [6.45, 7) is 5.98. The van der Waals surface area contributed by atoms with Gasteiger partial charge in [0, 0.05) is 12.6 Å². The molecule has 0 amide bonds. The van der Waals surface area contributed by atoms with Crippen molar-refractivity contribution in [3.05, 3.63) is 35.9 Å². The van der Waals surface area contributed by atoms with Crippen LogP contribution in [0, 0.1) is 0 Å². The molecule has 2 nitrogen and oxygen atoms in total. The van der Waals surface area contributed by atoms with Crippen LogP contribution >= 0.6 is 0 Å². The van der Waals surface area contributed by atoms with E-state index in [1.807, 2.05) is 30.3 Å². The lowest BCUT2D eigenvalue weighted by molar-refractivity contribution is -0.150. The van der Waals surface area contributed by atoms with Crippen LogP contribution in [0.5, 0.6) is 0 Å². The zero-order chi connectivity index (χ0) is 10.2. The third-order valence-corrected chi connectivity index (χ3v) is 3.36. The van der Waals surface area contributed by atoms with Crippen LogP contribution in [-0.2, 0) is 5.60 Å². The molecule has 2 rings (SSSR count). The minimum atomic E-state index is -0.628. The largest absolute Gasteiger partial charge is 0.382 e. The van der Waals surface area contributed by atoms with Crippen LogP contribution in [-0.4, -0.2) is 29.1 Å². The van der Waals surface area contributed by atoms with Crippen LogP contribution in [0.3, 0.4) is 0 Å². The third-order valence-electron chi connectivity index (χ3n) is 3.36. The molecule has 1 aromatic rings. The second-order valence-corrected chi connectivity index (χ2v) is 4.03. The zero-order valence-corrected chi connectivity index (χ0v) is 8.77. The molecule has 0 bridgehead atoms. The van der Waals surface area contributed by atoms with Crippen molar-refractivity contribution in [3.8, 4) is 0 Å². The number of aliphatic hydroxyl groups is 1. The highest BCUT2D eigenvalue weighted by atomic mass is 16.3. The molecule has 1 heterocycles. The molecule has 0 aromatic heterocycles. The minimum absolute atomic E-state index is 0.231. The van der Waals surface area contributed by atoms with Gasteiger partial charge < -0.3 is 5.11 Å². The van der Waals surface area contributed by atoms with E-state index in [2.05, 4.69) is 18.7 Å². The molecule has 1 saturated heterocycles.